The van der Waals surface area contributed by atoms with Gasteiger partial charge in [0.25, 0.3) is 0 Å². The molecular formula is C12H22N4O2S. The molecule has 0 bridgehead atoms. The number of piperidine rings is 1. The Balaban J connectivity index is 1.82. The second-order valence-corrected chi connectivity index (χ2v) is 7.06. The summed E-state index contributed by atoms with van der Waals surface area (Å²) >= 11 is 0. The molecule has 1 N–H and O–H groups in total. The molecular weight excluding hydrogens is 264 g/mol. The Morgan fingerprint density at radius 2 is 2.32 bits per heavy atom. The largest absolute Gasteiger partial charge is 0.302 e. The number of sulfonamides is 1. The minimum Gasteiger partial charge on any atom is -0.302 e. The average molecular weight is 286 g/mol. The summed E-state index contributed by atoms with van der Waals surface area (Å²) < 4.78 is 28.1. The Kier molecular flexibility index (Phi) is 4.59. The highest BCUT2D eigenvalue weighted by Gasteiger charge is 2.18. The number of hydrogen-bond donors (Lipinski definition) is 1. The van der Waals surface area contributed by atoms with Crippen LogP contribution in [0, 0.1) is 5.92 Å². The fourth-order valence-corrected chi connectivity index (χ4v) is 3.45. The van der Waals surface area contributed by atoms with Gasteiger partial charge < -0.3 is 4.90 Å². The molecule has 1 fully saturated rings. The molecule has 1 saturated heterocycles. The van der Waals surface area contributed by atoms with Gasteiger partial charge in [0.15, 0.2) is 0 Å². The highest BCUT2D eigenvalue weighted by atomic mass is 32.2. The third-order valence-corrected chi connectivity index (χ3v) is 4.87. The van der Waals surface area contributed by atoms with Crippen molar-refractivity contribution in [1.82, 2.24) is 19.4 Å². The minimum atomic E-state index is -3.41. The molecule has 0 unspecified atom stereocenters. The van der Waals surface area contributed by atoms with Crippen LogP contribution in [0.2, 0.25) is 0 Å². The van der Waals surface area contributed by atoms with Crippen molar-refractivity contribution in [2.75, 3.05) is 26.2 Å². The van der Waals surface area contributed by atoms with Crippen LogP contribution in [0.5, 0.6) is 0 Å². The van der Waals surface area contributed by atoms with E-state index in [0.717, 1.165) is 19.6 Å². The quantitative estimate of drug-likeness (QED) is 0.852. The summed E-state index contributed by atoms with van der Waals surface area (Å²) in [5.74, 6) is 0.712. The topological polar surface area (TPSA) is 67.2 Å². The Labute approximate surface area is 114 Å². The van der Waals surface area contributed by atoms with Gasteiger partial charge in [-0.3, -0.25) is 4.68 Å². The summed E-state index contributed by atoms with van der Waals surface area (Å²) in [6.07, 6.45) is 5.35. The van der Waals surface area contributed by atoms with Gasteiger partial charge in [-0.05, 0) is 25.3 Å². The summed E-state index contributed by atoms with van der Waals surface area (Å²) in [6.45, 7) is 5.59. The summed E-state index contributed by atoms with van der Waals surface area (Å²) in [4.78, 5) is 2.54. The van der Waals surface area contributed by atoms with Crippen LogP contribution < -0.4 is 4.72 Å². The van der Waals surface area contributed by atoms with Gasteiger partial charge in [0, 0.05) is 32.9 Å². The molecule has 2 heterocycles. The molecule has 0 saturated carbocycles. The number of likely N-dealkylation sites (tertiary alicyclic amines) is 1. The van der Waals surface area contributed by atoms with Gasteiger partial charge in [0.2, 0.25) is 10.0 Å². The normalized spacial score (nSPS) is 21.7. The monoisotopic (exact) mass is 286 g/mol. The van der Waals surface area contributed by atoms with Crippen LogP contribution in [0.25, 0.3) is 0 Å². The predicted molar refractivity (Wildman–Crippen MR) is 73.2 cm³/mol. The van der Waals surface area contributed by atoms with Gasteiger partial charge >= 0.3 is 0 Å². The summed E-state index contributed by atoms with van der Waals surface area (Å²) in [7, 11) is -1.71. The molecule has 0 spiro atoms. The van der Waals surface area contributed by atoms with Gasteiger partial charge in [-0.1, -0.05) is 6.92 Å². The van der Waals surface area contributed by atoms with Gasteiger partial charge in [0.1, 0.15) is 4.90 Å². The second-order valence-electron chi connectivity index (χ2n) is 5.30. The number of aryl methyl sites for hydroxylation is 1. The molecule has 0 aliphatic carbocycles. The Morgan fingerprint density at radius 3 is 2.95 bits per heavy atom. The molecule has 1 aliphatic rings. The molecule has 1 aromatic heterocycles. The maximum atomic E-state index is 12.0. The van der Waals surface area contributed by atoms with E-state index in [0.29, 0.717) is 12.5 Å². The zero-order chi connectivity index (χ0) is 13.9. The Morgan fingerprint density at radius 1 is 1.53 bits per heavy atom. The summed E-state index contributed by atoms with van der Waals surface area (Å²) in [5.41, 5.74) is 0. The van der Waals surface area contributed by atoms with E-state index in [9.17, 15) is 8.42 Å². The first-order chi connectivity index (χ1) is 8.97. The van der Waals surface area contributed by atoms with Crippen molar-refractivity contribution < 1.29 is 8.42 Å². The van der Waals surface area contributed by atoms with E-state index in [4.69, 9.17) is 0 Å². The van der Waals surface area contributed by atoms with Crippen molar-refractivity contribution in [2.45, 2.75) is 24.7 Å². The highest BCUT2D eigenvalue weighted by molar-refractivity contribution is 7.89. The first kappa shape index (κ1) is 14.5. The number of aromatic nitrogens is 2. The smallest absolute Gasteiger partial charge is 0.243 e. The summed E-state index contributed by atoms with van der Waals surface area (Å²) in [6, 6.07) is 0. The van der Waals surface area contributed by atoms with E-state index in [1.807, 2.05) is 0 Å². The molecule has 0 radical (unpaired) electrons. The van der Waals surface area contributed by atoms with Crippen molar-refractivity contribution in [3.63, 3.8) is 0 Å². The van der Waals surface area contributed by atoms with E-state index in [1.165, 1.54) is 29.9 Å². The lowest BCUT2D eigenvalue weighted by Gasteiger charge is -2.30. The number of hydrogen-bond acceptors (Lipinski definition) is 4. The SMILES string of the molecule is C[C@H]1CCCN(CCNS(=O)(=O)c2cnn(C)c2)C1. The van der Waals surface area contributed by atoms with Crippen molar-refractivity contribution >= 4 is 10.0 Å². The molecule has 1 aliphatic heterocycles. The summed E-state index contributed by atoms with van der Waals surface area (Å²) in [5, 5.41) is 3.88. The first-order valence-electron chi connectivity index (χ1n) is 6.68. The molecule has 19 heavy (non-hydrogen) atoms. The molecule has 6 nitrogen and oxygen atoms in total. The lowest BCUT2D eigenvalue weighted by Crippen LogP contribution is -2.40. The van der Waals surface area contributed by atoms with E-state index >= 15 is 0 Å². The van der Waals surface area contributed by atoms with Crippen LogP contribution in [0.3, 0.4) is 0 Å². The van der Waals surface area contributed by atoms with Crippen LogP contribution >= 0.6 is 0 Å². The van der Waals surface area contributed by atoms with Crippen molar-refractivity contribution in [2.24, 2.45) is 13.0 Å². The van der Waals surface area contributed by atoms with Crippen molar-refractivity contribution in [3.05, 3.63) is 12.4 Å². The van der Waals surface area contributed by atoms with Gasteiger partial charge in [-0.2, -0.15) is 5.10 Å². The minimum absolute atomic E-state index is 0.224. The average Bonchev–Trinajstić information content (AvgIpc) is 2.76. The Hall–Kier alpha value is -0.920. The van der Waals surface area contributed by atoms with Gasteiger partial charge in [-0.25, -0.2) is 13.1 Å². The fraction of sp³-hybridized carbons (Fsp3) is 0.750. The van der Waals surface area contributed by atoms with Crippen molar-refractivity contribution in [1.29, 1.82) is 0 Å². The van der Waals surface area contributed by atoms with E-state index in [2.05, 4.69) is 21.6 Å². The number of rotatable bonds is 5. The lowest BCUT2D eigenvalue weighted by atomic mass is 10.0. The zero-order valence-corrected chi connectivity index (χ0v) is 12.4. The maximum absolute atomic E-state index is 12.0. The molecule has 1 atom stereocenters. The maximum Gasteiger partial charge on any atom is 0.243 e. The number of nitrogens with one attached hydrogen (secondary N) is 1. The predicted octanol–water partition coefficient (Wildman–Crippen LogP) is 0.430. The van der Waals surface area contributed by atoms with E-state index < -0.39 is 10.0 Å². The first-order valence-corrected chi connectivity index (χ1v) is 8.16. The van der Waals surface area contributed by atoms with Gasteiger partial charge in [0.05, 0.1) is 6.20 Å². The molecule has 0 aromatic carbocycles. The standard InChI is InChI=1S/C12H22N4O2S/c1-11-4-3-6-16(9-11)7-5-14-19(17,18)12-8-13-15(2)10-12/h8,10-11,14H,3-7,9H2,1-2H3/t11-/m0/s1. The highest BCUT2D eigenvalue weighted by Crippen LogP contribution is 2.14. The van der Waals surface area contributed by atoms with E-state index in [1.54, 1.807) is 7.05 Å². The van der Waals surface area contributed by atoms with Crippen LogP contribution in [0.15, 0.2) is 17.3 Å². The third-order valence-electron chi connectivity index (χ3n) is 3.45. The third kappa shape index (κ3) is 4.02. The van der Waals surface area contributed by atoms with Crippen LogP contribution in [0.4, 0.5) is 0 Å². The fourth-order valence-electron chi connectivity index (χ4n) is 2.45. The molecule has 2 rings (SSSR count). The lowest BCUT2D eigenvalue weighted by molar-refractivity contribution is 0.187. The Bertz CT molecular complexity index is 512. The van der Waals surface area contributed by atoms with E-state index in [-0.39, 0.29) is 4.90 Å². The number of nitrogens with zero attached hydrogens (tertiary/aromatic N) is 3. The zero-order valence-electron chi connectivity index (χ0n) is 11.5. The van der Waals surface area contributed by atoms with Crippen LogP contribution in [0.1, 0.15) is 19.8 Å². The molecule has 7 heteroatoms. The van der Waals surface area contributed by atoms with Crippen LogP contribution in [-0.2, 0) is 17.1 Å². The molecule has 1 aromatic rings. The second kappa shape index (κ2) is 6.02. The van der Waals surface area contributed by atoms with Crippen molar-refractivity contribution in [3.8, 4) is 0 Å². The van der Waals surface area contributed by atoms with Crippen LogP contribution in [-0.4, -0.2) is 49.3 Å². The molecule has 0 amide bonds. The molecule has 108 valence electrons. The van der Waals surface area contributed by atoms with Gasteiger partial charge in [-0.15, -0.1) is 0 Å².